The molecule has 22 heavy (non-hydrogen) atoms. The maximum Gasteiger partial charge on any atom is 0.00952 e. The zero-order chi connectivity index (χ0) is 15.3. The van der Waals surface area contributed by atoms with E-state index in [-0.39, 0.29) is 0 Å². The minimum absolute atomic E-state index is 0.892. The van der Waals surface area contributed by atoms with Crippen LogP contribution in [0.3, 0.4) is 0 Å². The lowest BCUT2D eigenvalue weighted by Crippen LogP contribution is -2.37. The van der Waals surface area contributed by atoms with Crippen molar-refractivity contribution in [3.05, 3.63) is 12.2 Å². The predicted molar refractivity (Wildman–Crippen MR) is 98.4 cm³/mol. The summed E-state index contributed by atoms with van der Waals surface area (Å²) >= 11 is 0. The molecule has 1 aliphatic heterocycles. The first-order chi connectivity index (χ1) is 11.0. The second-order valence-corrected chi connectivity index (χ2v) is 7.56. The predicted octanol–water partition coefficient (Wildman–Crippen LogP) is 6.48. The molecule has 1 heteroatoms. The van der Waals surface area contributed by atoms with Crippen molar-refractivity contribution in [1.29, 1.82) is 0 Å². The number of hydrogen-bond acceptors (Lipinski definition) is 1. The summed E-state index contributed by atoms with van der Waals surface area (Å²) in [5, 5.41) is 0. The fourth-order valence-electron chi connectivity index (χ4n) is 4.21. The van der Waals surface area contributed by atoms with Gasteiger partial charge in [-0.1, -0.05) is 69.9 Å². The number of hydrogen-bond donors (Lipinski definition) is 0. The zero-order valence-electron chi connectivity index (χ0n) is 14.9. The highest BCUT2D eigenvalue weighted by molar-refractivity contribution is 4.83. The van der Waals surface area contributed by atoms with Crippen LogP contribution in [0.4, 0.5) is 0 Å². The molecule has 0 spiro atoms. The Balaban J connectivity index is 1.85. The quantitative estimate of drug-likeness (QED) is 0.501. The molecule has 1 saturated carbocycles. The molecule has 0 unspecified atom stereocenters. The third kappa shape index (κ3) is 7.81. The molecular formula is C21H39N. The Hall–Kier alpha value is -0.300. The van der Waals surface area contributed by atoms with Crippen LogP contribution in [0.5, 0.6) is 0 Å². The summed E-state index contributed by atoms with van der Waals surface area (Å²) in [7, 11) is 0. The van der Waals surface area contributed by atoms with Gasteiger partial charge in [-0.2, -0.15) is 0 Å². The molecule has 2 aliphatic rings. The van der Waals surface area contributed by atoms with Crippen molar-refractivity contribution in [2.75, 3.05) is 13.1 Å². The Morgan fingerprint density at radius 2 is 1.00 bits per heavy atom. The Morgan fingerprint density at radius 1 is 0.500 bits per heavy atom. The normalized spacial score (nSPS) is 27.5. The highest BCUT2D eigenvalue weighted by Crippen LogP contribution is 2.22. The van der Waals surface area contributed by atoms with Crippen LogP contribution in [0.1, 0.15) is 103 Å². The van der Waals surface area contributed by atoms with Crippen molar-refractivity contribution in [2.24, 2.45) is 0 Å². The van der Waals surface area contributed by atoms with Crippen molar-refractivity contribution in [2.45, 2.75) is 109 Å². The first kappa shape index (κ1) is 18.0. The van der Waals surface area contributed by atoms with Gasteiger partial charge in [0.25, 0.3) is 0 Å². The average molecular weight is 306 g/mol. The highest BCUT2D eigenvalue weighted by Gasteiger charge is 2.18. The minimum Gasteiger partial charge on any atom is -0.300 e. The summed E-state index contributed by atoms with van der Waals surface area (Å²) in [5.41, 5.74) is 0. The van der Waals surface area contributed by atoms with Crippen molar-refractivity contribution >= 4 is 0 Å². The number of allylic oxidation sites excluding steroid dienone is 2. The third-order valence-corrected chi connectivity index (χ3v) is 5.64. The van der Waals surface area contributed by atoms with Gasteiger partial charge in [0.2, 0.25) is 0 Å². The molecule has 0 aromatic carbocycles. The van der Waals surface area contributed by atoms with Crippen LogP contribution in [-0.4, -0.2) is 24.0 Å². The van der Waals surface area contributed by atoms with Gasteiger partial charge in [-0.05, 0) is 58.0 Å². The Kier molecular flexibility index (Phi) is 9.98. The van der Waals surface area contributed by atoms with E-state index in [0.29, 0.717) is 0 Å². The molecule has 1 heterocycles. The number of rotatable bonds is 1. The smallest absolute Gasteiger partial charge is 0.00952 e. The van der Waals surface area contributed by atoms with Crippen molar-refractivity contribution in [3.8, 4) is 0 Å². The maximum atomic E-state index is 2.89. The summed E-state index contributed by atoms with van der Waals surface area (Å²) < 4.78 is 0. The van der Waals surface area contributed by atoms with E-state index in [9.17, 15) is 0 Å². The topological polar surface area (TPSA) is 3.24 Å². The van der Waals surface area contributed by atoms with Gasteiger partial charge in [0.1, 0.15) is 0 Å². The fraction of sp³-hybridized carbons (Fsp3) is 0.905. The monoisotopic (exact) mass is 305 g/mol. The van der Waals surface area contributed by atoms with Gasteiger partial charge in [-0.25, -0.2) is 0 Å². The van der Waals surface area contributed by atoms with Gasteiger partial charge >= 0.3 is 0 Å². The van der Waals surface area contributed by atoms with Crippen LogP contribution in [0, 0.1) is 0 Å². The average Bonchev–Trinajstić information content (AvgIpc) is 2.64. The van der Waals surface area contributed by atoms with E-state index in [0.717, 1.165) is 6.04 Å². The van der Waals surface area contributed by atoms with Gasteiger partial charge < -0.3 is 4.90 Å². The lowest BCUT2D eigenvalue weighted by Gasteiger charge is -2.32. The van der Waals surface area contributed by atoms with Crippen molar-refractivity contribution < 1.29 is 0 Å². The highest BCUT2D eigenvalue weighted by atomic mass is 15.1. The lowest BCUT2D eigenvalue weighted by atomic mass is 10.00. The lowest BCUT2D eigenvalue weighted by molar-refractivity contribution is 0.166. The summed E-state index contributed by atoms with van der Waals surface area (Å²) in [6, 6.07) is 0.892. The molecular weight excluding hydrogens is 266 g/mol. The van der Waals surface area contributed by atoms with Gasteiger partial charge in [0.05, 0.1) is 0 Å². The fourth-order valence-corrected chi connectivity index (χ4v) is 4.21. The van der Waals surface area contributed by atoms with Gasteiger partial charge in [-0.3, -0.25) is 0 Å². The van der Waals surface area contributed by atoms with Crippen LogP contribution in [0.2, 0.25) is 0 Å². The second-order valence-electron chi connectivity index (χ2n) is 7.56. The van der Waals surface area contributed by atoms with Gasteiger partial charge in [-0.15, -0.1) is 0 Å². The molecule has 0 radical (unpaired) electrons. The molecule has 0 aromatic rings. The largest absolute Gasteiger partial charge is 0.300 e. The van der Waals surface area contributed by atoms with Crippen LogP contribution in [-0.2, 0) is 0 Å². The molecule has 2 rings (SSSR count). The standard InChI is InChI=1S/C21H39N/c1-2-6-10-14-18-21(17-13-9-5-1)22-19-15-11-7-3-4-8-12-16-20-22/h3,7,21H,1-2,4-6,8-20H2/b7-3-. The van der Waals surface area contributed by atoms with E-state index in [1.54, 1.807) is 0 Å². The van der Waals surface area contributed by atoms with Crippen LogP contribution in [0.15, 0.2) is 12.2 Å². The molecule has 1 nitrogen and oxygen atoms in total. The van der Waals surface area contributed by atoms with Crippen LogP contribution >= 0.6 is 0 Å². The first-order valence-corrected chi connectivity index (χ1v) is 10.4. The Labute approximate surface area is 139 Å². The van der Waals surface area contributed by atoms with Gasteiger partial charge in [0.15, 0.2) is 0 Å². The van der Waals surface area contributed by atoms with Crippen molar-refractivity contribution in [1.82, 2.24) is 4.90 Å². The molecule has 128 valence electrons. The molecule has 0 atom stereocenters. The van der Waals surface area contributed by atoms with E-state index in [1.165, 1.54) is 116 Å². The molecule has 0 N–H and O–H groups in total. The number of nitrogens with zero attached hydrogens (tertiary/aromatic N) is 1. The summed E-state index contributed by atoms with van der Waals surface area (Å²) in [6.07, 6.45) is 27.8. The van der Waals surface area contributed by atoms with E-state index in [1.807, 2.05) is 0 Å². The van der Waals surface area contributed by atoms with E-state index in [2.05, 4.69) is 17.1 Å². The molecule has 0 aromatic heterocycles. The molecule has 0 bridgehead atoms. The molecule has 0 amide bonds. The maximum absolute atomic E-state index is 2.89. The molecule has 0 saturated heterocycles. The van der Waals surface area contributed by atoms with E-state index >= 15 is 0 Å². The molecule has 1 aliphatic carbocycles. The second kappa shape index (κ2) is 12.2. The molecule has 1 fully saturated rings. The zero-order valence-corrected chi connectivity index (χ0v) is 14.9. The Morgan fingerprint density at radius 3 is 1.68 bits per heavy atom. The summed E-state index contributed by atoms with van der Waals surface area (Å²) in [6.45, 7) is 2.71. The van der Waals surface area contributed by atoms with E-state index in [4.69, 9.17) is 0 Å². The summed E-state index contributed by atoms with van der Waals surface area (Å²) in [4.78, 5) is 2.89. The van der Waals surface area contributed by atoms with Crippen LogP contribution < -0.4 is 0 Å². The Bertz CT molecular complexity index is 272. The minimum atomic E-state index is 0.892. The summed E-state index contributed by atoms with van der Waals surface area (Å²) in [5.74, 6) is 0. The first-order valence-electron chi connectivity index (χ1n) is 10.4. The third-order valence-electron chi connectivity index (χ3n) is 5.64. The SMILES string of the molecule is C1=C\CCCN(C2CCCCCCCCCC2)CCCCC/1. The van der Waals surface area contributed by atoms with Crippen molar-refractivity contribution in [3.63, 3.8) is 0 Å². The van der Waals surface area contributed by atoms with Crippen LogP contribution in [0.25, 0.3) is 0 Å². The van der Waals surface area contributed by atoms with Gasteiger partial charge in [0, 0.05) is 6.04 Å². The van der Waals surface area contributed by atoms with E-state index < -0.39 is 0 Å².